The van der Waals surface area contributed by atoms with Crippen LogP contribution in [0.25, 0.3) is 6.08 Å². The van der Waals surface area contributed by atoms with Crippen LogP contribution < -0.4 is 0 Å². The van der Waals surface area contributed by atoms with Crippen LogP contribution in [0.3, 0.4) is 0 Å². The van der Waals surface area contributed by atoms with Gasteiger partial charge in [0, 0.05) is 15.9 Å². The highest BCUT2D eigenvalue weighted by Gasteiger charge is 2.06. The van der Waals surface area contributed by atoms with E-state index in [-0.39, 0.29) is 4.61 Å². The molecule has 0 atom stereocenters. The minimum Gasteiger partial charge on any atom is -0.450 e. The number of nitrogens with zero attached hydrogens (tertiary/aromatic N) is 1. The Labute approximate surface area is 84.7 Å². The molecule has 0 amide bonds. The van der Waals surface area contributed by atoms with Crippen molar-refractivity contribution in [3.05, 3.63) is 37.3 Å². The van der Waals surface area contributed by atoms with E-state index in [1.807, 2.05) is 0 Å². The van der Waals surface area contributed by atoms with Gasteiger partial charge in [-0.1, -0.05) is 0 Å². The van der Waals surface area contributed by atoms with E-state index in [9.17, 15) is 10.1 Å². The molecule has 1 aromatic heterocycles. The van der Waals surface area contributed by atoms with Crippen LogP contribution in [0.5, 0.6) is 0 Å². The third-order valence-corrected chi connectivity index (χ3v) is 1.97. The maximum atomic E-state index is 10.1. The zero-order chi connectivity index (χ0) is 9.14. The van der Waals surface area contributed by atoms with Gasteiger partial charge in [-0.05, 0) is 28.1 Å². The second-order valence-corrected chi connectivity index (χ2v) is 3.46. The van der Waals surface area contributed by atoms with Crippen molar-refractivity contribution in [3.63, 3.8) is 0 Å². The van der Waals surface area contributed by atoms with Crippen LogP contribution in [0.4, 0.5) is 0 Å². The summed E-state index contributed by atoms with van der Waals surface area (Å²) in [5, 5.41) is 10.1. The highest BCUT2D eigenvalue weighted by molar-refractivity contribution is 9.11. The Morgan fingerprint density at radius 2 is 2.33 bits per heavy atom. The van der Waals surface area contributed by atoms with E-state index in [0.717, 1.165) is 0 Å². The monoisotopic (exact) mass is 295 g/mol. The van der Waals surface area contributed by atoms with Gasteiger partial charge in [0.1, 0.15) is 5.76 Å². The van der Waals surface area contributed by atoms with Crippen LogP contribution in [0.15, 0.2) is 25.8 Å². The van der Waals surface area contributed by atoms with Gasteiger partial charge >= 0.3 is 4.61 Å². The summed E-state index contributed by atoms with van der Waals surface area (Å²) in [6.45, 7) is 0. The molecule has 12 heavy (non-hydrogen) atoms. The molecule has 4 nitrogen and oxygen atoms in total. The quantitative estimate of drug-likeness (QED) is 0.479. The fourth-order valence-corrected chi connectivity index (χ4v) is 1.12. The lowest BCUT2D eigenvalue weighted by Gasteiger charge is -1.85. The average Bonchev–Trinajstić information content (AvgIpc) is 2.35. The van der Waals surface area contributed by atoms with Crippen LogP contribution in [0.2, 0.25) is 0 Å². The van der Waals surface area contributed by atoms with Crippen LogP contribution in [-0.2, 0) is 0 Å². The van der Waals surface area contributed by atoms with E-state index in [1.54, 1.807) is 12.1 Å². The molecular formula is C6H3Br2NO3. The third-order valence-electron chi connectivity index (χ3n) is 1.03. The number of rotatable bonds is 2. The zero-order valence-corrected chi connectivity index (χ0v) is 8.83. The fraction of sp³-hybridized carbons (Fsp3) is 0. The molecule has 0 saturated carbocycles. The lowest BCUT2D eigenvalue weighted by Crippen LogP contribution is -1.88. The standard InChI is InChI=1S/C6H3Br2NO3/c7-5(9(10)11)3-4-1-2-6(8)12-4/h1-3H/b5-3-. The predicted molar refractivity (Wildman–Crippen MR) is 50.3 cm³/mol. The Kier molecular flexibility index (Phi) is 3.05. The highest BCUT2D eigenvalue weighted by Crippen LogP contribution is 2.18. The zero-order valence-electron chi connectivity index (χ0n) is 5.66. The van der Waals surface area contributed by atoms with Crippen LogP contribution >= 0.6 is 31.9 Å². The molecule has 0 fully saturated rings. The number of hydrogen-bond donors (Lipinski definition) is 0. The number of nitro groups is 1. The van der Waals surface area contributed by atoms with Crippen molar-refractivity contribution in [3.8, 4) is 0 Å². The second kappa shape index (κ2) is 3.86. The largest absolute Gasteiger partial charge is 0.450 e. The Balaban J connectivity index is 2.87. The van der Waals surface area contributed by atoms with Crippen LogP contribution in [0, 0.1) is 10.1 Å². The third kappa shape index (κ3) is 2.46. The molecular weight excluding hydrogens is 294 g/mol. The first-order chi connectivity index (χ1) is 5.59. The predicted octanol–water partition coefficient (Wildman–Crippen LogP) is 3.01. The van der Waals surface area contributed by atoms with E-state index in [4.69, 9.17) is 4.42 Å². The summed E-state index contributed by atoms with van der Waals surface area (Å²) in [6.07, 6.45) is 1.28. The van der Waals surface area contributed by atoms with Crippen molar-refractivity contribution in [2.24, 2.45) is 0 Å². The normalized spacial score (nSPS) is 11.7. The molecule has 0 saturated heterocycles. The number of furan rings is 1. The molecule has 0 aliphatic rings. The summed E-state index contributed by atoms with van der Waals surface area (Å²) < 4.78 is 5.41. The Morgan fingerprint density at radius 3 is 2.75 bits per heavy atom. The SMILES string of the molecule is O=[N+]([O-])/C(Br)=C\c1ccc(Br)o1. The average molecular weight is 297 g/mol. The van der Waals surface area contributed by atoms with Gasteiger partial charge in [0.15, 0.2) is 4.67 Å². The van der Waals surface area contributed by atoms with E-state index in [0.29, 0.717) is 10.4 Å². The van der Waals surface area contributed by atoms with Gasteiger partial charge < -0.3 is 4.42 Å². The summed E-state index contributed by atoms with van der Waals surface area (Å²) in [4.78, 5) is 9.60. The lowest BCUT2D eigenvalue weighted by molar-refractivity contribution is -0.407. The Bertz CT molecular complexity index is 331. The topological polar surface area (TPSA) is 56.3 Å². The van der Waals surface area contributed by atoms with Gasteiger partial charge in [-0.3, -0.25) is 10.1 Å². The molecule has 0 radical (unpaired) electrons. The molecule has 0 aliphatic heterocycles. The highest BCUT2D eigenvalue weighted by atomic mass is 79.9. The second-order valence-electron chi connectivity index (χ2n) is 1.87. The van der Waals surface area contributed by atoms with Gasteiger partial charge in [0.2, 0.25) is 0 Å². The first kappa shape index (κ1) is 9.47. The first-order valence-corrected chi connectivity index (χ1v) is 4.45. The lowest BCUT2D eigenvalue weighted by atomic mass is 10.4. The summed E-state index contributed by atoms with van der Waals surface area (Å²) in [6, 6.07) is 3.28. The smallest absolute Gasteiger partial charge is 0.314 e. The summed E-state index contributed by atoms with van der Waals surface area (Å²) in [5.74, 6) is 0.422. The molecule has 0 aromatic carbocycles. The van der Waals surface area contributed by atoms with Crippen molar-refractivity contribution < 1.29 is 9.34 Å². The Morgan fingerprint density at radius 1 is 1.67 bits per heavy atom. The Hall–Kier alpha value is -0.620. The van der Waals surface area contributed by atoms with Crippen molar-refractivity contribution in [1.82, 2.24) is 0 Å². The van der Waals surface area contributed by atoms with E-state index >= 15 is 0 Å². The van der Waals surface area contributed by atoms with Gasteiger partial charge in [0.05, 0.1) is 11.0 Å². The first-order valence-electron chi connectivity index (χ1n) is 2.86. The van der Waals surface area contributed by atoms with Crippen LogP contribution in [-0.4, -0.2) is 4.92 Å². The minimum absolute atomic E-state index is 0.135. The summed E-state index contributed by atoms with van der Waals surface area (Å²) >= 11 is 5.85. The van der Waals surface area contributed by atoms with Crippen molar-refractivity contribution in [2.75, 3.05) is 0 Å². The molecule has 1 aromatic rings. The van der Waals surface area contributed by atoms with E-state index < -0.39 is 4.92 Å². The van der Waals surface area contributed by atoms with Gasteiger partial charge in [0.25, 0.3) is 0 Å². The molecule has 0 unspecified atom stereocenters. The van der Waals surface area contributed by atoms with Crippen molar-refractivity contribution in [2.45, 2.75) is 0 Å². The number of hydrogen-bond acceptors (Lipinski definition) is 3. The molecule has 6 heteroatoms. The number of halogens is 2. The van der Waals surface area contributed by atoms with Crippen LogP contribution in [0.1, 0.15) is 5.76 Å². The fourth-order valence-electron chi connectivity index (χ4n) is 0.576. The molecule has 0 bridgehead atoms. The van der Waals surface area contributed by atoms with Gasteiger partial charge in [-0.25, -0.2) is 0 Å². The van der Waals surface area contributed by atoms with Gasteiger partial charge in [-0.2, -0.15) is 0 Å². The molecule has 0 N–H and O–H groups in total. The molecule has 64 valence electrons. The van der Waals surface area contributed by atoms with E-state index in [2.05, 4.69) is 31.9 Å². The molecule has 1 rings (SSSR count). The van der Waals surface area contributed by atoms with Gasteiger partial charge in [-0.15, -0.1) is 0 Å². The van der Waals surface area contributed by atoms with E-state index in [1.165, 1.54) is 6.08 Å². The minimum atomic E-state index is -0.545. The maximum absolute atomic E-state index is 10.1. The maximum Gasteiger partial charge on any atom is 0.314 e. The molecule has 1 heterocycles. The molecule has 0 spiro atoms. The summed E-state index contributed by atoms with van der Waals surface area (Å²) in [7, 11) is 0. The molecule has 0 aliphatic carbocycles. The summed E-state index contributed by atoms with van der Waals surface area (Å²) in [5.41, 5.74) is 0. The van der Waals surface area contributed by atoms with Crippen molar-refractivity contribution >= 4 is 37.9 Å². The van der Waals surface area contributed by atoms with Crippen molar-refractivity contribution in [1.29, 1.82) is 0 Å².